The molecule has 0 atom stereocenters. The molecule has 1 aromatic heterocycles. The standard InChI is InChI=1S/C17H25N3O/c1-13(2)18-12-16-7-5-6-8-17(16)21-10-9-20-15(4)11-14(3)19-20/h5-8,11,13,18H,9-10,12H2,1-4H3. The predicted octanol–water partition coefficient (Wildman–Crippen LogP) is 3.08. The topological polar surface area (TPSA) is 39.1 Å². The van der Waals surface area contributed by atoms with Gasteiger partial charge in [0.15, 0.2) is 0 Å². The Morgan fingerprint density at radius 2 is 2.00 bits per heavy atom. The zero-order valence-corrected chi connectivity index (χ0v) is 13.4. The summed E-state index contributed by atoms with van der Waals surface area (Å²) in [5.41, 5.74) is 3.42. The minimum atomic E-state index is 0.466. The van der Waals surface area contributed by atoms with Gasteiger partial charge in [-0.25, -0.2) is 0 Å². The molecule has 4 heteroatoms. The molecule has 0 fully saturated rings. The smallest absolute Gasteiger partial charge is 0.123 e. The molecule has 0 unspecified atom stereocenters. The Hall–Kier alpha value is -1.81. The molecule has 0 bridgehead atoms. The van der Waals surface area contributed by atoms with E-state index in [0.29, 0.717) is 12.6 Å². The van der Waals surface area contributed by atoms with Crippen molar-refractivity contribution in [3.8, 4) is 5.75 Å². The molecule has 0 saturated carbocycles. The van der Waals surface area contributed by atoms with Gasteiger partial charge >= 0.3 is 0 Å². The summed E-state index contributed by atoms with van der Waals surface area (Å²) >= 11 is 0. The fourth-order valence-electron chi connectivity index (χ4n) is 2.25. The zero-order chi connectivity index (χ0) is 15.2. The second-order valence-corrected chi connectivity index (χ2v) is 5.64. The normalized spacial score (nSPS) is 11.1. The minimum absolute atomic E-state index is 0.466. The third-order valence-electron chi connectivity index (χ3n) is 3.34. The Bertz CT molecular complexity index is 575. The van der Waals surface area contributed by atoms with Crippen LogP contribution in [-0.4, -0.2) is 22.4 Å². The highest BCUT2D eigenvalue weighted by Crippen LogP contribution is 2.18. The van der Waals surface area contributed by atoms with E-state index >= 15 is 0 Å². The summed E-state index contributed by atoms with van der Waals surface area (Å²) in [6.45, 7) is 10.6. The average molecular weight is 287 g/mol. The van der Waals surface area contributed by atoms with E-state index < -0.39 is 0 Å². The van der Waals surface area contributed by atoms with Crippen LogP contribution in [0.5, 0.6) is 5.75 Å². The first-order valence-corrected chi connectivity index (χ1v) is 7.51. The highest BCUT2D eigenvalue weighted by Gasteiger charge is 2.05. The number of nitrogens with zero attached hydrogens (tertiary/aromatic N) is 2. The van der Waals surface area contributed by atoms with Crippen molar-refractivity contribution in [1.82, 2.24) is 15.1 Å². The van der Waals surface area contributed by atoms with E-state index in [4.69, 9.17) is 4.74 Å². The van der Waals surface area contributed by atoms with Crippen molar-refractivity contribution in [2.75, 3.05) is 6.61 Å². The molecular formula is C17H25N3O. The molecule has 0 amide bonds. The Kier molecular flexibility index (Phi) is 5.39. The highest BCUT2D eigenvalue weighted by atomic mass is 16.5. The molecule has 1 N–H and O–H groups in total. The molecule has 2 aromatic rings. The number of hydrogen-bond acceptors (Lipinski definition) is 3. The molecule has 4 nitrogen and oxygen atoms in total. The van der Waals surface area contributed by atoms with Crippen LogP contribution in [-0.2, 0) is 13.1 Å². The molecule has 0 spiro atoms. The van der Waals surface area contributed by atoms with Crippen LogP contribution in [0.1, 0.15) is 30.8 Å². The number of hydrogen-bond donors (Lipinski definition) is 1. The number of aromatic nitrogens is 2. The van der Waals surface area contributed by atoms with Crippen LogP contribution in [0.25, 0.3) is 0 Å². The Morgan fingerprint density at radius 3 is 2.67 bits per heavy atom. The molecule has 1 heterocycles. The third kappa shape index (κ3) is 4.60. The summed E-state index contributed by atoms with van der Waals surface area (Å²) in [7, 11) is 0. The summed E-state index contributed by atoms with van der Waals surface area (Å²) in [6, 6.07) is 10.7. The molecular weight excluding hydrogens is 262 g/mol. The summed E-state index contributed by atoms with van der Waals surface area (Å²) in [6.07, 6.45) is 0. The second-order valence-electron chi connectivity index (χ2n) is 5.64. The van der Waals surface area contributed by atoms with E-state index in [0.717, 1.165) is 24.5 Å². The van der Waals surface area contributed by atoms with Gasteiger partial charge in [-0.2, -0.15) is 5.10 Å². The number of aryl methyl sites for hydroxylation is 2. The quantitative estimate of drug-likeness (QED) is 0.850. The number of ether oxygens (including phenoxy) is 1. The van der Waals surface area contributed by atoms with Gasteiger partial charge in [0.25, 0.3) is 0 Å². The Morgan fingerprint density at radius 1 is 1.24 bits per heavy atom. The van der Waals surface area contributed by atoms with Crippen molar-refractivity contribution < 1.29 is 4.74 Å². The van der Waals surface area contributed by atoms with E-state index in [1.165, 1.54) is 11.3 Å². The summed E-state index contributed by atoms with van der Waals surface area (Å²) in [5.74, 6) is 0.951. The van der Waals surface area contributed by atoms with E-state index in [9.17, 15) is 0 Å². The summed E-state index contributed by atoms with van der Waals surface area (Å²) < 4.78 is 7.93. The van der Waals surface area contributed by atoms with E-state index in [-0.39, 0.29) is 0 Å². The van der Waals surface area contributed by atoms with Crippen LogP contribution in [0.4, 0.5) is 0 Å². The van der Waals surface area contributed by atoms with Gasteiger partial charge in [0.2, 0.25) is 0 Å². The van der Waals surface area contributed by atoms with Crippen LogP contribution < -0.4 is 10.1 Å². The van der Waals surface area contributed by atoms with Crippen LogP contribution in [0.15, 0.2) is 30.3 Å². The van der Waals surface area contributed by atoms with Gasteiger partial charge in [0.05, 0.1) is 12.2 Å². The largest absolute Gasteiger partial charge is 0.491 e. The molecule has 0 radical (unpaired) electrons. The highest BCUT2D eigenvalue weighted by molar-refractivity contribution is 5.33. The van der Waals surface area contributed by atoms with Gasteiger partial charge in [0, 0.05) is 23.8 Å². The first-order chi connectivity index (χ1) is 10.1. The lowest BCUT2D eigenvalue weighted by Gasteiger charge is -2.14. The van der Waals surface area contributed by atoms with E-state index in [1.54, 1.807) is 0 Å². The molecule has 1 aromatic carbocycles. The molecule has 0 aliphatic heterocycles. The fraction of sp³-hybridized carbons (Fsp3) is 0.471. The van der Waals surface area contributed by atoms with Crippen LogP contribution >= 0.6 is 0 Å². The monoisotopic (exact) mass is 287 g/mol. The van der Waals surface area contributed by atoms with Gasteiger partial charge in [-0.1, -0.05) is 32.0 Å². The number of para-hydroxylation sites is 1. The van der Waals surface area contributed by atoms with Crippen molar-refractivity contribution in [2.45, 2.75) is 46.8 Å². The van der Waals surface area contributed by atoms with Gasteiger partial charge in [-0.3, -0.25) is 4.68 Å². The predicted molar refractivity (Wildman–Crippen MR) is 85.6 cm³/mol. The number of benzene rings is 1. The van der Waals surface area contributed by atoms with Crippen molar-refractivity contribution in [1.29, 1.82) is 0 Å². The molecule has 2 rings (SSSR count). The molecule has 0 aliphatic rings. The maximum absolute atomic E-state index is 5.94. The SMILES string of the molecule is Cc1cc(C)n(CCOc2ccccc2CNC(C)C)n1. The van der Waals surface area contributed by atoms with E-state index in [2.05, 4.69) is 43.3 Å². The maximum atomic E-state index is 5.94. The van der Waals surface area contributed by atoms with Crippen molar-refractivity contribution in [3.05, 3.63) is 47.3 Å². The van der Waals surface area contributed by atoms with Crippen molar-refractivity contribution >= 4 is 0 Å². The van der Waals surface area contributed by atoms with Crippen molar-refractivity contribution in [3.63, 3.8) is 0 Å². The lowest BCUT2D eigenvalue weighted by molar-refractivity contribution is 0.286. The first kappa shape index (κ1) is 15.6. The Labute approximate surface area is 127 Å². The molecule has 21 heavy (non-hydrogen) atoms. The Balaban J connectivity index is 1.92. The third-order valence-corrected chi connectivity index (χ3v) is 3.34. The minimum Gasteiger partial charge on any atom is -0.491 e. The van der Waals surface area contributed by atoms with Crippen LogP contribution in [0.3, 0.4) is 0 Å². The van der Waals surface area contributed by atoms with Crippen molar-refractivity contribution in [2.24, 2.45) is 0 Å². The molecule has 0 saturated heterocycles. The lowest BCUT2D eigenvalue weighted by Crippen LogP contribution is -2.22. The number of rotatable bonds is 7. The first-order valence-electron chi connectivity index (χ1n) is 7.51. The van der Waals surface area contributed by atoms with E-state index in [1.807, 2.05) is 29.8 Å². The second kappa shape index (κ2) is 7.27. The van der Waals surface area contributed by atoms with Gasteiger partial charge < -0.3 is 10.1 Å². The molecule has 0 aliphatic carbocycles. The summed E-state index contributed by atoms with van der Waals surface area (Å²) in [4.78, 5) is 0. The van der Waals surface area contributed by atoms with Gasteiger partial charge in [-0.05, 0) is 26.0 Å². The average Bonchev–Trinajstić information content (AvgIpc) is 2.76. The zero-order valence-electron chi connectivity index (χ0n) is 13.4. The van der Waals surface area contributed by atoms with Crippen LogP contribution in [0.2, 0.25) is 0 Å². The molecule has 114 valence electrons. The number of nitrogens with one attached hydrogen (secondary N) is 1. The fourth-order valence-corrected chi connectivity index (χ4v) is 2.25. The van der Waals surface area contributed by atoms with Crippen LogP contribution in [0, 0.1) is 13.8 Å². The summed E-state index contributed by atoms with van der Waals surface area (Å²) in [5, 5.41) is 7.87. The maximum Gasteiger partial charge on any atom is 0.123 e. The lowest BCUT2D eigenvalue weighted by atomic mass is 10.2. The van der Waals surface area contributed by atoms with Gasteiger partial charge in [0.1, 0.15) is 12.4 Å². The van der Waals surface area contributed by atoms with Gasteiger partial charge in [-0.15, -0.1) is 0 Å².